The van der Waals surface area contributed by atoms with Crippen LogP contribution in [0.4, 0.5) is 13.2 Å². The molecule has 7 atom stereocenters. The molecule has 9 heteroatoms. The third-order valence-electron chi connectivity index (χ3n) is 10.6. The van der Waals surface area contributed by atoms with Gasteiger partial charge in [0.1, 0.15) is 12.7 Å². The number of carbonyl (C=O) groups excluding carboxylic acids is 2. The molecule has 0 aromatic heterocycles. The molecule has 47 heavy (non-hydrogen) atoms. The number of methoxy groups -OCH3 is 1. The largest absolute Gasteiger partial charge is 0.461 e. The van der Waals surface area contributed by atoms with Crippen molar-refractivity contribution < 1.29 is 37.0 Å². The number of allylic oxidation sites excluding steroid dienone is 1. The van der Waals surface area contributed by atoms with Crippen LogP contribution in [0.15, 0.2) is 53.0 Å². The molecule has 2 fully saturated rings. The number of carbonyl (C=O) groups is 2. The lowest BCUT2D eigenvalue weighted by atomic mass is 9.60. The number of hydrogen-bond donors (Lipinski definition) is 0. The molecule has 1 aromatic carbocycles. The third kappa shape index (κ3) is 8.55. The van der Waals surface area contributed by atoms with E-state index in [-0.39, 0.29) is 35.3 Å². The Morgan fingerprint density at radius 2 is 1.70 bits per heavy atom. The third-order valence-corrected chi connectivity index (χ3v) is 11.2. The number of ether oxygens (including phenoxy) is 3. The summed E-state index contributed by atoms with van der Waals surface area (Å²) in [5.41, 5.74) is -2.46. The molecule has 0 saturated heterocycles. The van der Waals surface area contributed by atoms with Gasteiger partial charge in [-0.15, -0.1) is 0 Å². The summed E-state index contributed by atoms with van der Waals surface area (Å²) in [4.78, 5) is 28.8. The first-order valence-electron chi connectivity index (χ1n) is 16.9. The van der Waals surface area contributed by atoms with Crippen LogP contribution >= 0.6 is 15.9 Å². The van der Waals surface area contributed by atoms with E-state index in [4.69, 9.17) is 14.2 Å². The highest BCUT2D eigenvalue weighted by atomic mass is 79.9. The van der Waals surface area contributed by atoms with Crippen molar-refractivity contribution in [1.29, 1.82) is 0 Å². The van der Waals surface area contributed by atoms with E-state index in [0.29, 0.717) is 24.3 Å². The summed E-state index contributed by atoms with van der Waals surface area (Å²) >= 11 is 3.58. The summed E-state index contributed by atoms with van der Waals surface area (Å²) in [7, 11) is 0.882. The fourth-order valence-electron chi connectivity index (χ4n) is 8.15. The van der Waals surface area contributed by atoms with Gasteiger partial charge in [-0.05, 0) is 105 Å². The fraction of sp³-hybridized carbons (Fsp3) is 0.684. The average Bonchev–Trinajstić information content (AvgIpc) is 3.35. The van der Waals surface area contributed by atoms with E-state index in [1.54, 1.807) is 26.8 Å². The molecule has 0 aliphatic heterocycles. The molecule has 0 unspecified atom stereocenters. The number of alkyl halides is 3. The zero-order valence-corrected chi connectivity index (χ0v) is 30.9. The van der Waals surface area contributed by atoms with Crippen molar-refractivity contribution in [3.63, 3.8) is 0 Å². The van der Waals surface area contributed by atoms with E-state index >= 15 is 0 Å². The highest BCUT2D eigenvalue weighted by Crippen LogP contribution is 2.60. The van der Waals surface area contributed by atoms with Gasteiger partial charge >= 0.3 is 18.1 Å². The highest BCUT2D eigenvalue weighted by molar-refractivity contribution is 9.11. The fourth-order valence-corrected chi connectivity index (χ4v) is 8.70. The second kappa shape index (κ2) is 15.6. The lowest BCUT2D eigenvalue weighted by molar-refractivity contribution is -0.279. The van der Waals surface area contributed by atoms with Crippen LogP contribution in [-0.2, 0) is 29.4 Å². The number of benzene rings is 1. The van der Waals surface area contributed by atoms with Crippen molar-refractivity contribution in [3.8, 4) is 0 Å². The monoisotopic (exact) mass is 726 g/mol. The van der Waals surface area contributed by atoms with Gasteiger partial charge in [-0.2, -0.15) is 13.2 Å². The van der Waals surface area contributed by atoms with Crippen LogP contribution in [0.25, 0.3) is 0 Å². The summed E-state index contributed by atoms with van der Waals surface area (Å²) < 4.78 is 61.7. The first-order chi connectivity index (χ1) is 21.8. The number of hydrogen-bond acceptors (Lipinski definition) is 5. The smallest absolute Gasteiger partial charge is 0.432 e. The lowest BCUT2D eigenvalue weighted by Crippen LogP contribution is -2.53. The van der Waals surface area contributed by atoms with E-state index in [0.717, 1.165) is 39.2 Å². The molecule has 0 amide bonds. The molecule has 0 heterocycles. The van der Waals surface area contributed by atoms with E-state index in [1.807, 2.05) is 13.8 Å². The molecule has 264 valence electrons. The lowest BCUT2D eigenvalue weighted by Gasteiger charge is -2.45. The number of rotatable bonds is 13. The van der Waals surface area contributed by atoms with Crippen LogP contribution in [0.1, 0.15) is 99.0 Å². The van der Waals surface area contributed by atoms with E-state index < -0.39 is 41.2 Å². The first kappa shape index (κ1) is 39.3. The average molecular weight is 728 g/mol. The standard InChI is InChI=1S/C38H54BrF3O5/c1-24(2)20-29(26(4)23-46-33(43)35(5,6)7)32(21-25(3)30-17-18-31-27(22-39)14-13-19-36(30,31)8)47-34(44)37(45-9,38(40,41)42)28-15-11-10-12-16-28/h10-12,15-16,22,24-25,29-32H,4,13-14,17-21,23H2,1-3,5-9H3/b27-22+/t25-,29-,30-,31+,32-,36-,37+/m1/s1. The van der Waals surface area contributed by atoms with E-state index in [9.17, 15) is 22.8 Å². The molecule has 3 rings (SSSR count). The molecule has 0 radical (unpaired) electrons. The van der Waals surface area contributed by atoms with Crippen LogP contribution in [-0.4, -0.2) is 37.9 Å². The van der Waals surface area contributed by atoms with Crippen LogP contribution in [0.2, 0.25) is 0 Å². The summed E-state index contributed by atoms with van der Waals surface area (Å²) in [6.07, 6.45) is 0.00442. The molecule has 0 N–H and O–H groups in total. The Labute approximate surface area is 288 Å². The second-order valence-electron chi connectivity index (χ2n) is 15.4. The molecule has 5 nitrogen and oxygen atoms in total. The Kier molecular flexibility index (Phi) is 13.1. The van der Waals surface area contributed by atoms with Gasteiger partial charge in [-0.25, -0.2) is 4.79 Å². The Balaban J connectivity index is 2.05. The molecule has 2 saturated carbocycles. The van der Waals surface area contributed by atoms with Crippen molar-refractivity contribution >= 4 is 27.9 Å². The number of esters is 2. The van der Waals surface area contributed by atoms with E-state index in [2.05, 4.69) is 41.3 Å². The maximum absolute atomic E-state index is 15.0. The maximum atomic E-state index is 15.0. The second-order valence-corrected chi connectivity index (χ2v) is 15.9. The van der Waals surface area contributed by atoms with Gasteiger partial charge in [0, 0.05) is 18.6 Å². The van der Waals surface area contributed by atoms with Gasteiger partial charge in [0.05, 0.1) is 5.41 Å². The predicted molar refractivity (Wildman–Crippen MR) is 183 cm³/mol. The normalized spacial score (nSPS) is 25.9. The SMILES string of the molecule is C=C(COC(=O)C(C)(C)C)[C@@H](CC(C)C)[C@@H](C[C@@H](C)[C@H]1CC[C@H]2/C(=C/Br)CCC[C@]12C)OC(=O)[C@@](OC)(c1ccccc1)C(F)(F)F. The maximum Gasteiger partial charge on any atom is 0.432 e. The molecular weight excluding hydrogens is 673 g/mol. The number of fused-ring (bicyclic) bond motifs is 1. The molecule has 2 aliphatic carbocycles. The first-order valence-corrected chi connectivity index (χ1v) is 17.8. The highest BCUT2D eigenvalue weighted by Gasteiger charge is 2.64. The zero-order chi connectivity index (χ0) is 35.4. The van der Waals surface area contributed by atoms with Gasteiger partial charge in [-0.1, -0.05) is 86.1 Å². The summed E-state index contributed by atoms with van der Waals surface area (Å²) in [6, 6.07) is 6.90. The minimum atomic E-state index is -5.10. The quantitative estimate of drug-likeness (QED) is 0.150. The molecule has 0 bridgehead atoms. The van der Waals surface area contributed by atoms with Crippen molar-refractivity contribution in [1.82, 2.24) is 0 Å². The van der Waals surface area contributed by atoms with Crippen molar-refractivity contribution in [2.45, 2.75) is 111 Å². The topological polar surface area (TPSA) is 61.8 Å². The van der Waals surface area contributed by atoms with Crippen LogP contribution in [0.3, 0.4) is 0 Å². The van der Waals surface area contributed by atoms with Crippen LogP contribution in [0, 0.1) is 40.4 Å². The Hall–Kier alpha value is -2.13. The summed E-state index contributed by atoms with van der Waals surface area (Å²) in [5.74, 6) is -1.64. The molecular formula is C38H54BrF3O5. The Bertz CT molecular complexity index is 1270. The van der Waals surface area contributed by atoms with Crippen molar-refractivity contribution in [2.75, 3.05) is 13.7 Å². The minimum absolute atomic E-state index is 0.0246. The summed E-state index contributed by atoms with van der Waals surface area (Å²) in [6.45, 7) is 17.8. The molecule has 2 aliphatic rings. The van der Waals surface area contributed by atoms with Gasteiger partial charge in [0.15, 0.2) is 0 Å². The van der Waals surface area contributed by atoms with Crippen molar-refractivity contribution in [2.24, 2.45) is 40.4 Å². The van der Waals surface area contributed by atoms with Crippen LogP contribution in [0.5, 0.6) is 0 Å². The van der Waals surface area contributed by atoms with Gasteiger partial charge in [0.2, 0.25) is 0 Å². The van der Waals surface area contributed by atoms with Gasteiger partial charge in [0.25, 0.3) is 5.60 Å². The Morgan fingerprint density at radius 1 is 1.06 bits per heavy atom. The predicted octanol–water partition coefficient (Wildman–Crippen LogP) is 10.3. The number of halogens is 4. The van der Waals surface area contributed by atoms with Gasteiger partial charge in [-0.3, -0.25) is 4.79 Å². The molecule has 0 spiro atoms. The Morgan fingerprint density at radius 3 is 2.23 bits per heavy atom. The van der Waals surface area contributed by atoms with Gasteiger partial charge < -0.3 is 14.2 Å². The molecule has 1 aromatic rings. The summed E-state index contributed by atoms with van der Waals surface area (Å²) in [5, 5.41) is 0. The van der Waals surface area contributed by atoms with E-state index in [1.165, 1.54) is 29.8 Å². The zero-order valence-electron chi connectivity index (χ0n) is 29.3. The minimum Gasteiger partial charge on any atom is -0.461 e. The van der Waals surface area contributed by atoms with Crippen LogP contribution < -0.4 is 0 Å². The van der Waals surface area contributed by atoms with Crippen molar-refractivity contribution in [3.05, 3.63) is 58.6 Å².